The van der Waals surface area contributed by atoms with E-state index >= 15 is 0 Å². The minimum Gasteiger partial charge on any atom is -0.438 e. The molecule has 2 aromatic rings. The van der Waals surface area contributed by atoms with Gasteiger partial charge < -0.3 is 14.4 Å². The molecule has 1 aromatic heterocycles. The molecule has 12 nitrogen and oxygen atoms in total. The Morgan fingerprint density at radius 1 is 1.31 bits per heavy atom. The number of nitrogens with zero attached hydrogens (tertiary/aromatic N) is 4. The number of hydrogen-bond donors (Lipinski definition) is 1. The molecule has 3 rings (SSSR count). The standard InChI is InChI=1S/C19H25N5O7S/c1-12(2)21-32(28,29)16-11-14(24(26)27)5-6-15(16)31-19-13(3)17(20-22(19)4)18(25)23-7-9-30-10-8-23/h5-6,11-12,21H,7-10H2,1-4H3. The summed E-state index contributed by atoms with van der Waals surface area (Å²) >= 11 is 0. The Labute approximate surface area is 185 Å². The summed E-state index contributed by atoms with van der Waals surface area (Å²) in [5.74, 6) is -0.258. The van der Waals surface area contributed by atoms with Crippen LogP contribution in [0.2, 0.25) is 0 Å². The second-order valence-electron chi connectivity index (χ2n) is 7.57. The largest absolute Gasteiger partial charge is 0.438 e. The van der Waals surface area contributed by atoms with Gasteiger partial charge in [-0.05, 0) is 26.8 Å². The van der Waals surface area contributed by atoms with Crippen LogP contribution in [0.25, 0.3) is 0 Å². The summed E-state index contributed by atoms with van der Waals surface area (Å²) in [6, 6.07) is 2.85. The van der Waals surface area contributed by atoms with Crippen molar-refractivity contribution in [2.24, 2.45) is 7.05 Å². The SMILES string of the molecule is Cc1c(C(=O)N2CCOCC2)nn(C)c1Oc1ccc([N+](=O)[O-])cc1S(=O)(=O)NC(C)C. The number of benzene rings is 1. The zero-order valence-corrected chi connectivity index (χ0v) is 19.0. The molecule has 1 aliphatic heterocycles. The van der Waals surface area contributed by atoms with Crippen LogP contribution in [0, 0.1) is 17.0 Å². The van der Waals surface area contributed by atoms with Crippen molar-refractivity contribution in [1.29, 1.82) is 0 Å². The van der Waals surface area contributed by atoms with Gasteiger partial charge in [-0.3, -0.25) is 14.9 Å². The number of nitro benzene ring substituents is 1. The molecule has 32 heavy (non-hydrogen) atoms. The average molecular weight is 468 g/mol. The third-order valence-corrected chi connectivity index (χ3v) is 6.43. The van der Waals surface area contributed by atoms with Gasteiger partial charge in [0.25, 0.3) is 11.6 Å². The number of morpholine rings is 1. The number of sulfonamides is 1. The second-order valence-corrected chi connectivity index (χ2v) is 9.26. The van der Waals surface area contributed by atoms with E-state index in [1.807, 2.05) is 0 Å². The summed E-state index contributed by atoms with van der Waals surface area (Å²) in [5.41, 5.74) is 0.199. The minimum atomic E-state index is -4.12. The lowest BCUT2D eigenvalue weighted by atomic mass is 10.2. The highest BCUT2D eigenvalue weighted by atomic mass is 32.2. The summed E-state index contributed by atoms with van der Waals surface area (Å²) < 4.78 is 40.5. The highest BCUT2D eigenvalue weighted by Crippen LogP contribution is 2.34. The fraction of sp³-hybridized carbons (Fsp3) is 0.474. The van der Waals surface area contributed by atoms with Crippen molar-refractivity contribution < 1.29 is 27.6 Å². The van der Waals surface area contributed by atoms with Gasteiger partial charge in [-0.2, -0.15) is 5.10 Å². The molecule has 1 fully saturated rings. The number of carbonyl (C=O) groups excluding carboxylic acids is 1. The van der Waals surface area contributed by atoms with Crippen molar-refractivity contribution in [3.05, 3.63) is 39.6 Å². The quantitative estimate of drug-likeness (QED) is 0.477. The molecule has 1 aromatic carbocycles. The maximum atomic E-state index is 12.9. The maximum Gasteiger partial charge on any atom is 0.274 e. The first-order chi connectivity index (χ1) is 15.0. The number of ether oxygens (including phenoxy) is 2. The van der Waals surface area contributed by atoms with Crippen molar-refractivity contribution in [2.75, 3.05) is 26.3 Å². The van der Waals surface area contributed by atoms with Gasteiger partial charge in [0.15, 0.2) is 5.69 Å². The molecular weight excluding hydrogens is 442 g/mol. The van der Waals surface area contributed by atoms with Gasteiger partial charge in [-0.1, -0.05) is 0 Å². The Bertz CT molecular complexity index is 1140. The molecule has 2 heterocycles. The molecule has 0 saturated carbocycles. The fourth-order valence-corrected chi connectivity index (χ4v) is 4.66. The number of aromatic nitrogens is 2. The van der Waals surface area contributed by atoms with E-state index in [2.05, 4.69) is 9.82 Å². The summed E-state index contributed by atoms with van der Waals surface area (Å²) in [7, 11) is -2.56. The van der Waals surface area contributed by atoms with E-state index in [4.69, 9.17) is 9.47 Å². The third kappa shape index (κ3) is 4.89. The zero-order chi connectivity index (χ0) is 23.6. The average Bonchev–Trinajstić information content (AvgIpc) is 3.01. The first-order valence-corrected chi connectivity index (χ1v) is 11.4. The lowest BCUT2D eigenvalue weighted by Gasteiger charge is -2.26. The molecule has 0 bridgehead atoms. The molecule has 1 aliphatic rings. The number of rotatable bonds is 7. The molecule has 0 aliphatic carbocycles. The monoisotopic (exact) mass is 467 g/mol. The first kappa shape index (κ1) is 23.6. The molecule has 1 amide bonds. The van der Waals surface area contributed by atoms with Crippen molar-refractivity contribution in [3.8, 4) is 11.6 Å². The Kier molecular flexibility index (Phi) is 6.81. The molecule has 0 radical (unpaired) electrons. The molecule has 174 valence electrons. The van der Waals surface area contributed by atoms with Crippen molar-refractivity contribution >= 4 is 21.6 Å². The van der Waals surface area contributed by atoms with E-state index in [-0.39, 0.29) is 28.1 Å². The van der Waals surface area contributed by atoms with Gasteiger partial charge in [-0.15, -0.1) is 0 Å². The second kappa shape index (κ2) is 9.22. The van der Waals surface area contributed by atoms with Gasteiger partial charge in [0.2, 0.25) is 15.9 Å². The van der Waals surface area contributed by atoms with E-state index in [0.29, 0.717) is 31.9 Å². The minimum absolute atomic E-state index is 0.125. The van der Waals surface area contributed by atoms with Crippen LogP contribution in [0.5, 0.6) is 11.6 Å². The smallest absolute Gasteiger partial charge is 0.274 e. The van der Waals surface area contributed by atoms with Crippen molar-refractivity contribution in [3.63, 3.8) is 0 Å². The van der Waals surface area contributed by atoms with E-state index in [1.54, 1.807) is 32.7 Å². The number of aryl methyl sites for hydroxylation is 1. The number of hydrogen-bond acceptors (Lipinski definition) is 8. The van der Waals surface area contributed by atoms with Crippen LogP contribution in [-0.2, 0) is 21.8 Å². The summed E-state index contributed by atoms with van der Waals surface area (Å²) in [5, 5.41) is 15.4. The normalized spacial score (nSPS) is 14.6. The zero-order valence-electron chi connectivity index (χ0n) is 18.2. The first-order valence-electron chi connectivity index (χ1n) is 9.90. The highest BCUT2D eigenvalue weighted by Gasteiger charge is 2.29. The van der Waals surface area contributed by atoms with Crippen molar-refractivity contribution in [2.45, 2.75) is 31.7 Å². The van der Waals surface area contributed by atoms with E-state index < -0.39 is 26.7 Å². The van der Waals surface area contributed by atoms with E-state index in [0.717, 1.165) is 12.1 Å². The lowest BCUT2D eigenvalue weighted by molar-refractivity contribution is -0.385. The van der Waals surface area contributed by atoms with E-state index in [9.17, 15) is 23.3 Å². The third-order valence-electron chi connectivity index (χ3n) is 4.75. The lowest BCUT2D eigenvalue weighted by Crippen LogP contribution is -2.41. The summed E-state index contributed by atoms with van der Waals surface area (Å²) in [6.45, 7) is 6.66. The topological polar surface area (TPSA) is 146 Å². The summed E-state index contributed by atoms with van der Waals surface area (Å²) in [4.78, 5) is 24.6. The number of nitro groups is 1. The predicted octanol–water partition coefficient (Wildman–Crippen LogP) is 1.59. The number of carbonyl (C=O) groups is 1. The Balaban J connectivity index is 2.01. The van der Waals surface area contributed by atoms with Gasteiger partial charge in [0, 0.05) is 43.9 Å². The van der Waals surface area contributed by atoms with Crippen LogP contribution in [0.3, 0.4) is 0 Å². The Morgan fingerprint density at radius 2 is 1.97 bits per heavy atom. The summed E-state index contributed by atoms with van der Waals surface area (Å²) in [6.07, 6.45) is 0. The molecule has 1 N–H and O–H groups in total. The molecular formula is C19H25N5O7S. The molecule has 1 saturated heterocycles. The van der Waals surface area contributed by atoms with Crippen LogP contribution in [0.1, 0.15) is 29.9 Å². The number of non-ortho nitro benzene ring substituents is 1. The van der Waals surface area contributed by atoms with Crippen LogP contribution in [0.15, 0.2) is 23.1 Å². The molecule has 0 spiro atoms. The van der Waals surface area contributed by atoms with Crippen LogP contribution >= 0.6 is 0 Å². The van der Waals surface area contributed by atoms with Crippen LogP contribution < -0.4 is 9.46 Å². The van der Waals surface area contributed by atoms with Gasteiger partial charge in [0.1, 0.15) is 10.6 Å². The number of amides is 1. The van der Waals surface area contributed by atoms with Gasteiger partial charge in [0.05, 0.1) is 18.1 Å². The van der Waals surface area contributed by atoms with Crippen molar-refractivity contribution in [1.82, 2.24) is 19.4 Å². The van der Waals surface area contributed by atoms with Gasteiger partial charge in [-0.25, -0.2) is 17.8 Å². The number of nitrogens with one attached hydrogen (secondary N) is 1. The molecule has 13 heteroatoms. The van der Waals surface area contributed by atoms with Gasteiger partial charge >= 0.3 is 0 Å². The Hall–Kier alpha value is -3.03. The molecule has 0 atom stereocenters. The Morgan fingerprint density at radius 3 is 2.56 bits per heavy atom. The highest BCUT2D eigenvalue weighted by molar-refractivity contribution is 7.89. The molecule has 0 unspecified atom stereocenters. The fourth-order valence-electron chi connectivity index (χ4n) is 3.26. The maximum absolute atomic E-state index is 12.9. The van der Waals surface area contributed by atoms with Crippen LogP contribution in [-0.4, -0.2) is 66.3 Å². The predicted molar refractivity (Wildman–Crippen MR) is 113 cm³/mol. The van der Waals surface area contributed by atoms with Crippen LogP contribution in [0.4, 0.5) is 5.69 Å². The van der Waals surface area contributed by atoms with E-state index in [1.165, 1.54) is 10.7 Å².